The van der Waals surface area contributed by atoms with Crippen molar-refractivity contribution in [2.75, 3.05) is 11.9 Å². The van der Waals surface area contributed by atoms with Crippen LogP contribution in [0.15, 0.2) is 36.4 Å². The second-order valence-electron chi connectivity index (χ2n) is 5.46. The van der Waals surface area contributed by atoms with E-state index >= 15 is 0 Å². The summed E-state index contributed by atoms with van der Waals surface area (Å²) in [6.45, 7) is 3.29. The molecule has 2 rings (SSSR count). The number of nitrogens with one attached hydrogen (secondary N) is 1. The molecule has 0 saturated carbocycles. The zero-order valence-electron chi connectivity index (χ0n) is 13.6. The molecule has 0 saturated heterocycles. The Morgan fingerprint density at radius 1 is 1.16 bits per heavy atom. The second-order valence-corrected chi connectivity index (χ2v) is 5.46. The number of nitro groups is 1. The minimum Gasteiger partial charge on any atom is -0.478 e. The van der Waals surface area contributed by atoms with Gasteiger partial charge in [-0.1, -0.05) is 6.07 Å². The average molecular weight is 344 g/mol. The van der Waals surface area contributed by atoms with Crippen LogP contribution in [0.3, 0.4) is 0 Å². The highest BCUT2D eigenvalue weighted by Gasteiger charge is 2.19. The molecule has 0 aliphatic rings. The third-order valence-corrected chi connectivity index (χ3v) is 3.27. The zero-order chi connectivity index (χ0) is 18.6. The molecular weight excluding hydrogens is 328 g/mol. The van der Waals surface area contributed by atoms with E-state index in [0.717, 1.165) is 29.3 Å². The van der Waals surface area contributed by atoms with E-state index in [0.29, 0.717) is 5.69 Å². The van der Waals surface area contributed by atoms with Gasteiger partial charge < -0.3 is 15.2 Å². The molecule has 0 heterocycles. The first-order valence-electron chi connectivity index (χ1n) is 7.29. The third kappa shape index (κ3) is 4.77. The number of hydrogen-bond acceptors (Lipinski definition) is 5. The summed E-state index contributed by atoms with van der Waals surface area (Å²) >= 11 is 0. The van der Waals surface area contributed by atoms with E-state index in [4.69, 9.17) is 9.84 Å². The number of hydrogen-bond donors (Lipinski definition) is 2. The lowest BCUT2D eigenvalue weighted by Gasteiger charge is -2.09. The van der Waals surface area contributed by atoms with Crippen molar-refractivity contribution in [3.8, 4) is 5.75 Å². The van der Waals surface area contributed by atoms with Crippen molar-refractivity contribution in [1.29, 1.82) is 0 Å². The van der Waals surface area contributed by atoms with Crippen molar-refractivity contribution in [3.63, 3.8) is 0 Å². The Morgan fingerprint density at radius 3 is 2.36 bits per heavy atom. The number of aryl methyl sites for hydroxylation is 2. The number of carbonyl (C=O) groups is 2. The van der Waals surface area contributed by atoms with Crippen LogP contribution in [0.25, 0.3) is 0 Å². The van der Waals surface area contributed by atoms with Crippen LogP contribution in [0.5, 0.6) is 5.75 Å². The Kier molecular flexibility index (Phi) is 5.33. The average Bonchev–Trinajstić information content (AvgIpc) is 2.51. The van der Waals surface area contributed by atoms with E-state index in [1.807, 2.05) is 19.9 Å². The largest absolute Gasteiger partial charge is 0.478 e. The van der Waals surface area contributed by atoms with Crippen molar-refractivity contribution in [2.24, 2.45) is 0 Å². The number of carboxylic acids is 1. The molecule has 25 heavy (non-hydrogen) atoms. The predicted octanol–water partition coefficient (Wildman–Crippen LogP) is 2.93. The molecule has 2 aromatic rings. The number of nitro benzene ring substituents is 1. The lowest BCUT2D eigenvalue weighted by molar-refractivity contribution is -0.385. The summed E-state index contributed by atoms with van der Waals surface area (Å²) in [7, 11) is 0. The number of amides is 1. The first-order valence-corrected chi connectivity index (χ1v) is 7.29. The van der Waals surface area contributed by atoms with Gasteiger partial charge in [0.25, 0.3) is 5.91 Å². The molecule has 8 nitrogen and oxygen atoms in total. The molecule has 0 fully saturated rings. The molecule has 0 aliphatic carbocycles. The maximum atomic E-state index is 12.0. The first kappa shape index (κ1) is 17.9. The smallest absolute Gasteiger partial charge is 0.335 e. The molecule has 1 amide bonds. The van der Waals surface area contributed by atoms with Crippen LogP contribution >= 0.6 is 0 Å². The lowest BCUT2D eigenvalue weighted by Crippen LogP contribution is -2.20. The fourth-order valence-corrected chi connectivity index (χ4v) is 2.30. The first-order chi connectivity index (χ1) is 11.8. The van der Waals surface area contributed by atoms with Gasteiger partial charge in [-0.3, -0.25) is 14.9 Å². The van der Waals surface area contributed by atoms with Gasteiger partial charge in [0.05, 0.1) is 10.5 Å². The minimum atomic E-state index is -1.25. The van der Waals surface area contributed by atoms with E-state index < -0.39 is 29.1 Å². The van der Waals surface area contributed by atoms with E-state index in [-0.39, 0.29) is 11.3 Å². The molecule has 0 aromatic heterocycles. The van der Waals surface area contributed by atoms with Gasteiger partial charge in [0.15, 0.2) is 12.4 Å². The topological polar surface area (TPSA) is 119 Å². The Bertz CT molecular complexity index is 827. The van der Waals surface area contributed by atoms with Gasteiger partial charge in [-0.25, -0.2) is 4.79 Å². The fourth-order valence-electron chi connectivity index (χ4n) is 2.30. The maximum Gasteiger partial charge on any atom is 0.335 e. The number of carbonyl (C=O) groups excluding carboxylic acids is 1. The maximum absolute atomic E-state index is 12.0. The third-order valence-electron chi connectivity index (χ3n) is 3.27. The highest BCUT2D eigenvalue weighted by molar-refractivity contribution is 5.92. The Balaban J connectivity index is 2.11. The van der Waals surface area contributed by atoms with E-state index in [2.05, 4.69) is 5.32 Å². The molecule has 2 aromatic carbocycles. The molecule has 0 aliphatic heterocycles. The molecule has 0 radical (unpaired) electrons. The second kappa shape index (κ2) is 7.43. The summed E-state index contributed by atoms with van der Waals surface area (Å²) in [5.41, 5.74) is 1.95. The van der Waals surface area contributed by atoms with Gasteiger partial charge in [0, 0.05) is 17.8 Å². The van der Waals surface area contributed by atoms with Crippen LogP contribution in [0, 0.1) is 24.0 Å². The van der Waals surface area contributed by atoms with Gasteiger partial charge in [-0.05, 0) is 43.2 Å². The quantitative estimate of drug-likeness (QED) is 0.614. The molecule has 0 spiro atoms. The SMILES string of the molecule is Cc1cc(C)cc(NC(=O)COc2cc(C(=O)O)ccc2[N+](=O)[O-])c1. The van der Waals surface area contributed by atoms with Gasteiger partial charge >= 0.3 is 11.7 Å². The molecule has 130 valence electrons. The number of benzene rings is 2. The fraction of sp³-hybridized carbons (Fsp3) is 0.176. The minimum absolute atomic E-state index is 0.171. The van der Waals surface area contributed by atoms with Crippen molar-refractivity contribution in [1.82, 2.24) is 0 Å². The van der Waals surface area contributed by atoms with E-state index in [9.17, 15) is 19.7 Å². The van der Waals surface area contributed by atoms with Gasteiger partial charge in [-0.15, -0.1) is 0 Å². The molecular formula is C17H16N2O6. The number of aromatic carboxylic acids is 1. The summed E-state index contributed by atoms with van der Waals surface area (Å²) in [6.07, 6.45) is 0. The number of anilines is 1. The van der Waals surface area contributed by atoms with E-state index in [1.54, 1.807) is 12.1 Å². The monoisotopic (exact) mass is 344 g/mol. The van der Waals surface area contributed by atoms with Crippen LogP contribution < -0.4 is 10.1 Å². The van der Waals surface area contributed by atoms with Crippen molar-refractivity contribution in [3.05, 3.63) is 63.2 Å². The number of nitrogens with zero attached hydrogens (tertiary/aromatic N) is 1. The summed E-state index contributed by atoms with van der Waals surface area (Å²) in [5, 5.41) is 22.6. The number of rotatable bonds is 6. The predicted molar refractivity (Wildman–Crippen MR) is 90.1 cm³/mol. The van der Waals surface area contributed by atoms with Crippen molar-refractivity contribution < 1.29 is 24.4 Å². The molecule has 0 atom stereocenters. The lowest BCUT2D eigenvalue weighted by atomic mass is 10.1. The zero-order valence-corrected chi connectivity index (χ0v) is 13.6. The van der Waals surface area contributed by atoms with Gasteiger partial charge in [0.1, 0.15) is 0 Å². The van der Waals surface area contributed by atoms with Crippen LogP contribution in [0.4, 0.5) is 11.4 Å². The highest BCUT2D eigenvalue weighted by Crippen LogP contribution is 2.28. The molecule has 0 bridgehead atoms. The van der Waals surface area contributed by atoms with Crippen LogP contribution in [-0.2, 0) is 4.79 Å². The Hall–Kier alpha value is -3.42. The molecule has 8 heteroatoms. The van der Waals surface area contributed by atoms with Crippen molar-refractivity contribution in [2.45, 2.75) is 13.8 Å². The summed E-state index contributed by atoms with van der Waals surface area (Å²) in [6, 6.07) is 8.65. The summed E-state index contributed by atoms with van der Waals surface area (Å²) in [4.78, 5) is 33.2. The Morgan fingerprint density at radius 2 is 1.80 bits per heavy atom. The number of carboxylic acid groups (broad SMARTS) is 1. The Labute approximate surface area is 143 Å². The molecule has 0 unspecified atom stereocenters. The summed E-state index contributed by atoms with van der Waals surface area (Å²) in [5.74, 6) is -2.04. The van der Waals surface area contributed by atoms with Gasteiger partial charge in [-0.2, -0.15) is 0 Å². The van der Waals surface area contributed by atoms with Crippen LogP contribution in [-0.4, -0.2) is 28.5 Å². The van der Waals surface area contributed by atoms with Crippen molar-refractivity contribution >= 4 is 23.3 Å². The number of ether oxygens (including phenoxy) is 1. The summed E-state index contributed by atoms with van der Waals surface area (Å²) < 4.78 is 5.17. The van der Waals surface area contributed by atoms with E-state index in [1.165, 1.54) is 0 Å². The molecule has 2 N–H and O–H groups in total. The standard InChI is InChI=1S/C17H16N2O6/c1-10-5-11(2)7-13(6-10)18-16(20)9-25-15-8-12(17(21)22)3-4-14(15)19(23)24/h3-8H,9H2,1-2H3,(H,18,20)(H,21,22). The van der Waals surface area contributed by atoms with Crippen LogP contribution in [0.2, 0.25) is 0 Å². The highest BCUT2D eigenvalue weighted by atomic mass is 16.6. The van der Waals surface area contributed by atoms with Gasteiger partial charge in [0.2, 0.25) is 0 Å². The normalized spacial score (nSPS) is 10.2. The van der Waals surface area contributed by atoms with Crippen LogP contribution in [0.1, 0.15) is 21.5 Å².